The molecule has 0 aliphatic heterocycles. The third kappa shape index (κ3) is 4.58. The first-order valence-corrected chi connectivity index (χ1v) is 6.90. The van der Waals surface area contributed by atoms with Crippen LogP contribution in [0.4, 0.5) is 33.3 Å². The summed E-state index contributed by atoms with van der Waals surface area (Å²) in [5, 5.41) is 4.31. The summed E-state index contributed by atoms with van der Waals surface area (Å²) in [5.74, 6) is -2.84. The zero-order chi connectivity index (χ0) is 17.9. The van der Waals surface area contributed by atoms with Crippen LogP contribution in [0.2, 0.25) is 5.02 Å². The van der Waals surface area contributed by atoms with Crippen LogP contribution < -0.4 is 10.6 Å². The van der Waals surface area contributed by atoms with Crippen LogP contribution in [0.1, 0.15) is 5.56 Å². The molecule has 0 aromatic heterocycles. The Kier molecular flexibility index (Phi) is 5.28. The highest BCUT2D eigenvalue weighted by Gasteiger charge is 2.33. The third-order valence-electron chi connectivity index (χ3n) is 2.93. The molecular weight excluding hydrogens is 355 g/mol. The zero-order valence-corrected chi connectivity index (χ0v) is 12.6. The van der Waals surface area contributed by atoms with Crippen molar-refractivity contribution in [2.24, 2.45) is 0 Å². The summed E-state index contributed by atoms with van der Waals surface area (Å²) in [6, 6.07) is 5.89. The molecule has 0 bridgehead atoms. The van der Waals surface area contributed by atoms with Gasteiger partial charge in [-0.05, 0) is 30.3 Å². The topological polar surface area (TPSA) is 41.1 Å². The maximum absolute atomic E-state index is 13.0. The number of anilines is 2. The summed E-state index contributed by atoms with van der Waals surface area (Å²) in [6.45, 7) is -0.377. The minimum absolute atomic E-state index is 0.0211. The maximum Gasteiger partial charge on any atom is 0.417 e. The Balaban J connectivity index is 2.00. The van der Waals surface area contributed by atoms with E-state index in [9.17, 15) is 26.7 Å². The van der Waals surface area contributed by atoms with Gasteiger partial charge in [-0.25, -0.2) is 8.78 Å². The van der Waals surface area contributed by atoms with Gasteiger partial charge >= 0.3 is 6.18 Å². The van der Waals surface area contributed by atoms with Crippen LogP contribution in [0, 0.1) is 11.6 Å². The fraction of sp³-hybridized carbons (Fsp3) is 0.133. The lowest BCUT2D eigenvalue weighted by Crippen LogP contribution is -2.22. The maximum atomic E-state index is 13.0. The van der Waals surface area contributed by atoms with Crippen molar-refractivity contribution < 1.29 is 26.7 Å². The normalized spacial score (nSPS) is 11.2. The number of hydrogen-bond donors (Lipinski definition) is 2. The van der Waals surface area contributed by atoms with Gasteiger partial charge in [0.25, 0.3) is 0 Å². The van der Waals surface area contributed by atoms with Crippen molar-refractivity contribution in [2.75, 3.05) is 17.2 Å². The standard InChI is InChI=1S/C15H10ClF5N2O/c16-11-3-1-8(5-10(11)15(19,20)21)22-7-14(24)23-9-2-4-12(17)13(18)6-9/h1-6,22H,7H2,(H,23,24). The number of carbonyl (C=O) groups excluding carboxylic acids is 1. The van der Waals surface area contributed by atoms with Gasteiger partial charge in [0.1, 0.15) is 0 Å². The molecular formula is C15H10ClF5N2O. The van der Waals surface area contributed by atoms with Crippen LogP contribution in [-0.4, -0.2) is 12.5 Å². The smallest absolute Gasteiger partial charge is 0.376 e. The Morgan fingerprint density at radius 1 is 1.00 bits per heavy atom. The third-order valence-corrected chi connectivity index (χ3v) is 3.26. The summed E-state index contributed by atoms with van der Waals surface area (Å²) in [4.78, 5) is 11.7. The molecule has 0 unspecified atom stereocenters. The fourth-order valence-corrected chi connectivity index (χ4v) is 2.04. The Morgan fingerprint density at radius 3 is 2.29 bits per heavy atom. The molecule has 0 saturated carbocycles. The predicted molar refractivity (Wildman–Crippen MR) is 79.9 cm³/mol. The number of carbonyl (C=O) groups is 1. The van der Waals surface area contributed by atoms with Gasteiger partial charge in [-0.2, -0.15) is 13.2 Å². The van der Waals surface area contributed by atoms with Crippen LogP contribution >= 0.6 is 11.6 Å². The van der Waals surface area contributed by atoms with E-state index in [1.807, 2.05) is 0 Å². The van der Waals surface area contributed by atoms with E-state index in [0.29, 0.717) is 0 Å². The largest absolute Gasteiger partial charge is 0.417 e. The molecule has 0 aliphatic carbocycles. The van der Waals surface area contributed by atoms with Crippen molar-refractivity contribution in [3.05, 3.63) is 58.6 Å². The van der Waals surface area contributed by atoms with E-state index in [-0.39, 0.29) is 17.9 Å². The number of halogens is 6. The van der Waals surface area contributed by atoms with Gasteiger partial charge in [0.05, 0.1) is 17.1 Å². The molecule has 1 amide bonds. The monoisotopic (exact) mass is 364 g/mol. The summed E-state index contributed by atoms with van der Waals surface area (Å²) in [7, 11) is 0. The molecule has 0 heterocycles. The molecule has 3 nitrogen and oxygen atoms in total. The second kappa shape index (κ2) is 7.04. The van der Waals surface area contributed by atoms with E-state index in [1.54, 1.807) is 0 Å². The molecule has 2 rings (SSSR count). The number of nitrogens with one attached hydrogen (secondary N) is 2. The highest BCUT2D eigenvalue weighted by atomic mass is 35.5. The molecule has 9 heteroatoms. The first-order chi connectivity index (χ1) is 11.2. The van der Waals surface area contributed by atoms with Crippen molar-refractivity contribution in [1.29, 1.82) is 0 Å². The van der Waals surface area contributed by atoms with Gasteiger partial charge in [-0.1, -0.05) is 11.6 Å². The van der Waals surface area contributed by atoms with Gasteiger partial charge in [0.15, 0.2) is 11.6 Å². The average molecular weight is 365 g/mol. The summed E-state index contributed by atoms with van der Waals surface area (Å²) in [5.41, 5.74) is -0.977. The fourth-order valence-electron chi connectivity index (χ4n) is 1.81. The number of rotatable bonds is 4. The lowest BCUT2D eigenvalue weighted by Gasteiger charge is -2.12. The molecule has 2 N–H and O–H groups in total. The number of benzene rings is 2. The zero-order valence-electron chi connectivity index (χ0n) is 11.8. The Labute approximate surface area is 138 Å². The van der Waals surface area contributed by atoms with Gasteiger partial charge in [-0.15, -0.1) is 0 Å². The summed E-state index contributed by atoms with van der Waals surface area (Å²) < 4.78 is 64.0. The van der Waals surface area contributed by atoms with E-state index in [1.165, 1.54) is 6.07 Å². The second-order valence-electron chi connectivity index (χ2n) is 4.72. The van der Waals surface area contributed by atoms with Gasteiger partial charge < -0.3 is 10.6 Å². The predicted octanol–water partition coefficient (Wildman–Crippen LogP) is 4.69. The molecule has 2 aromatic rings. The van der Waals surface area contributed by atoms with E-state index in [4.69, 9.17) is 11.6 Å². The van der Waals surface area contributed by atoms with Crippen LogP contribution in [0.15, 0.2) is 36.4 Å². The lowest BCUT2D eigenvalue weighted by atomic mass is 10.2. The molecule has 24 heavy (non-hydrogen) atoms. The second-order valence-corrected chi connectivity index (χ2v) is 5.13. The van der Waals surface area contributed by atoms with Gasteiger partial charge in [-0.3, -0.25) is 4.79 Å². The van der Waals surface area contributed by atoms with E-state index >= 15 is 0 Å². The van der Waals surface area contributed by atoms with Crippen LogP contribution in [0.5, 0.6) is 0 Å². The molecule has 0 aliphatic rings. The highest BCUT2D eigenvalue weighted by molar-refractivity contribution is 6.31. The summed E-state index contributed by atoms with van der Waals surface area (Å²) in [6.07, 6.45) is -4.62. The Bertz CT molecular complexity index is 764. The molecule has 0 atom stereocenters. The van der Waals surface area contributed by atoms with Crippen molar-refractivity contribution in [3.63, 3.8) is 0 Å². The molecule has 128 valence electrons. The molecule has 2 aromatic carbocycles. The van der Waals surface area contributed by atoms with Crippen molar-refractivity contribution in [3.8, 4) is 0 Å². The minimum atomic E-state index is -4.62. The first kappa shape index (κ1) is 18.0. The molecule has 0 saturated heterocycles. The van der Waals surface area contributed by atoms with Gasteiger partial charge in [0.2, 0.25) is 5.91 Å². The van der Waals surface area contributed by atoms with Crippen LogP contribution in [-0.2, 0) is 11.0 Å². The minimum Gasteiger partial charge on any atom is -0.376 e. The highest BCUT2D eigenvalue weighted by Crippen LogP contribution is 2.36. The van der Waals surface area contributed by atoms with E-state index in [2.05, 4.69) is 10.6 Å². The van der Waals surface area contributed by atoms with Crippen molar-refractivity contribution in [2.45, 2.75) is 6.18 Å². The number of amides is 1. The van der Waals surface area contributed by atoms with Gasteiger partial charge in [0, 0.05) is 17.4 Å². The van der Waals surface area contributed by atoms with Crippen LogP contribution in [0.3, 0.4) is 0 Å². The van der Waals surface area contributed by atoms with Crippen LogP contribution in [0.25, 0.3) is 0 Å². The quantitative estimate of drug-likeness (QED) is 0.773. The van der Waals surface area contributed by atoms with E-state index in [0.717, 1.165) is 30.3 Å². The number of alkyl halides is 3. The molecule has 0 spiro atoms. The lowest BCUT2D eigenvalue weighted by molar-refractivity contribution is -0.137. The number of hydrogen-bond acceptors (Lipinski definition) is 2. The molecule has 0 radical (unpaired) electrons. The Morgan fingerprint density at radius 2 is 1.67 bits per heavy atom. The molecule has 0 fully saturated rings. The Hall–Kier alpha value is -2.35. The SMILES string of the molecule is O=C(CNc1ccc(Cl)c(C(F)(F)F)c1)Nc1ccc(F)c(F)c1. The van der Waals surface area contributed by atoms with Crippen molar-refractivity contribution in [1.82, 2.24) is 0 Å². The van der Waals surface area contributed by atoms with E-state index < -0.39 is 34.3 Å². The summed E-state index contributed by atoms with van der Waals surface area (Å²) >= 11 is 5.49. The van der Waals surface area contributed by atoms with Crippen molar-refractivity contribution >= 4 is 28.9 Å². The average Bonchev–Trinajstić information content (AvgIpc) is 2.49. The first-order valence-electron chi connectivity index (χ1n) is 6.52.